The first-order valence-electron chi connectivity index (χ1n) is 7.84. The van der Waals surface area contributed by atoms with Crippen LogP contribution in [0.4, 0.5) is 0 Å². The number of aryl methyl sites for hydroxylation is 2. The van der Waals surface area contributed by atoms with Crippen LogP contribution >= 0.6 is 11.6 Å². The maximum atomic E-state index is 6.79. The molecule has 1 heterocycles. The average Bonchev–Trinajstić information content (AvgIpc) is 2.39. The molecule has 1 aromatic carbocycles. The van der Waals surface area contributed by atoms with Gasteiger partial charge in [-0.3, -0.25) is 0 Å². The molecule has 1 aliphatic heterocycles. The second kappa shape index (κ2) is 6.49. The first-order valence-corrected chi connectivity index (χ1v) is 8.27. The van der Waals surface area contributed by atoms with Crippen LogP contribution in [0.25, 0.3) is 0 Å². The highest BCUT2D eigenvalue weighted by molar-refractivity contribution is 6.21. The van der Waals surface area contributed by atoms with Gasteiger partial charge in [0.2, 0.25) is 0 Å². The Kier molecular flexibility index (Phi) is 5.14. The molecule has 20 heavy (non-hydrogen) atoms. The molecule has 0 N–H and O–H groups in total. The van der Waals surface area contributed by atoms with Gasteiger partial charge in [-0.25, -0.2) is 0 Å². The smallest absolute Gasteiger partial charge is 0.0717 e. The van der Waals surface area contributed by atoms with Gasteiger partial charge in [0.15, 0.2) is 0 Å². The van der Waals surface area contributed by atoms with Crippen molar-refractivity contribution in [2.45, 2.75) is 52.8 Å². The lowest BCUT2D eigenvalue weighted by molar-refractivity contribution is 0.192. The Bertz CT molecular complexity index is 447. The summed E-state index contributed by atoms with van der Waals surface area (Å²) >= 11 is 6.79. The van der Waals surface area contributed by atoms with E-state index < -0.39 is 0 Å². The zero-order valence-corrected chi connectivity index (χ0v) is 14.3. The number of nitrogens with zero attached hydrogens (tertiary/aromatic N) is 1. The lowest BCUT2D eigenvalue weighted by atomic mass is 9.91. The Labute approximate surface area is 129 Å². The largest absolute Gasteiger partial charge is 0.302 e. The molecule has 1 nitrogen and oxygen atoms in total. The molecule has 0 radical (unpaired) electrons. The normalized spacial score (nSPS) is 19.3. The summed E-state index contributed by atoms with van der Waals surface area (Å²) in [4.78, 5) is 2.54. The maximum absolute atomic E-state index is 6.79. The van der Waals surface area contributed by atoms with Gasteiger partial charge in [0, 0.05) is 6.54 Å². The van der Waals surface area contributed by atoms with Gasteiger partial charge in [0.1, 0.15) is 0 Å². The van der Waals surface area contributed by atoms with Gasteiger partial charge in [0.05, 0.1) is 5.38 Å². The molecule has 1 atom stereocenters. The number of rotatable bonds is 3. The lowest BCUT2D eigenvalue weighted by Gasteiger charge is -2.32. The Hall–Kier alpha value is -0.530. The minimum absolute atomic E-state index is 0.113. The third-order valence-electron chi connectivity index (χ3n) is 5.03. The van der Waals surface area contributed by atoms with Crippen molar-refractivity contribution < 1.29 is 0 Å². The minimum Gasteiger partial charge on any atom is -0.302 e. The summed E-state index contributed by atoms with van der Waals surface area (Å²) in [5, 5.41) is 0.113. The predicted molar refractivity (Wildman–Crippen MR) is 88.8 cm³/mol. The van der Waals surface area contributed by atoms with Crippen molar-refractivity contribution >= 4 is 11.6 Å². The van der Waals surface area contributed by atoms with Crippen LogP contribution in [0.15, 0.2) is 6.07 Å². The van der Waals surface area contributed by atoms with Gasteiger partial charge < -0.3 is 4.90 Å². The molecule has 1 aliphatic rings. The van der Waals surface area contributed by atoms with Crippen LogP contribution < -0.4 is 0 Å². The SMILES string of the molecule is Cc1cc(C)c(C)c(C(Cl)CN2CCC(C)CC2)c1C. The fourth-order valence-corrected chi connectivity index (χ4v) is 3.80. The van der Waals surface area contributed by atoms with Gasteiger partial charge >= 0.3 is 0 Å². The molecule has 1 fully saturated rings. The van der Waals surface area contributed by atoms with Crippen molar-refractivity contribution in [3.8, 4) is 0 Å². The fraction of sp³-hybridized carbons (Fsp3) is 0.667. The third kappa shape index (κ3) is 3.38. The van der Waals surface area contributed by atoms with E-state index in [0.717, 1.165) is 12.5 Å². The van der Waals surface area contributed by atoms with Gasteiger partial charge in [-0.2, -0.15) is 0 Å². The molecule has 1 saturated heterocycles. The molecular weight excluding hydrogens is 266 g/mol. The first-order chi connectivity index (χ1) is 9.40. The highest BCUT2D eigenvalue weighted by atomic mass is 35.5. The summed E-state index contributed by atoms with van der Waals surface area (Å²) in [7, 11) is 0. The third-order valence-corrected chi connectivity index (χ3v) is 5.39. The first kappa shape index (κ1) is 15.9. The van der Waals surface area contributed by atoms with Crippen LogP contribution in [0, 0.1) is 33.6 Å². The zero-order chi connectivity index (χ0) is 14.9. The van der Waals surface area contributed by atoms with Gasteiger partial charge in [0.25, 0.3) is 0 Å². The van der Waals surface area contributed by atoms with E-state index in [1.165, 1.54) is 53.7 Å². The Morgan fingerprint density at radius 1 is 1.10 bits per heavy atom. The topological polar surface area (TPSA) is 3.24 Å². The average molecular weight is 294 g/mol. The van der Waals surface area contributed by atoms with E-state index in [0.29, 0.717) is 0 Å². The molecule has 0 amide bonds. The Balaban J connectivity index is 2.15. The molecule has 112 valence electrons. The Morgan fingerprint density at radius 2 is 1.60 bits per heavy atom. The quantitative estimate of drug-likeness (QED) is 0.714. The minimum atomic E-state index is 0.113. The number of hydrogen-bond donors (Lipinski definition) is 0. The van der Waals surface area contributed by atoms with Crippen LogP contribution in [0.1, 0.15) is 53.0 Å². The molecular formula is C18H28ClN. The van der Waals surface area contributed by atoms with Crippen molar-refractivity contribution in [3.05, 3.63) is 33.9 Å². The summed E-state index contributed by atoms with van der Waals surface area (Å²) in [6.07, 6.45) is 2.63. The van der Waals surface area contributed by atoms with E-state index in [4.69, 9.17) is 11.6 Å². The van der Waals surface area contributed by atoms with E-state index in [-0.39, 0.29) is 5.38 Å². The second-order valence-electron chi connectivity index (χ2n) is 6.62. The van der Waals surface area contributed by atoms with Crippen LogP contribution in [0.5, 0.6) is 0 Å². The van der Waals surface area contributed by atoms with Crippen molar-refractivity contribution in [2.75, 3.05) is 19.6 Å². The molecule has 0 aliphatic carbocycles. The van der Waals surface area contributed by atoms with E-state index >= 15 is 0 Å². The summed E-state index contributed by atoms with van der Waals surface area (Å²) in [5.74, 6) is 0.879. The summed E-state index contributed by atoms with van der Waals surface area (Å²) < 4.78 is 0. The van der Waals surface area contributed by atoms with Crippen LogP contribution in [-0.4, -0.2) is 24.5 Å². The molecule has 0 bridgehead atoms. The number of hydrogen-bond acceptors (Lipinski definition) is 1. The van der Waals surface area contributed by atoms with E-state index in [1.807, 2.05) is 0 Å². The number of likely N-dealkylation sites (tertiary alicyclic amines) is 1. The molecule has 0 aromatic heterocycles. The zero-order valence-electron chi connectivity index (χ0n) is 13.6. The highest BCUT2D eigenvalue weighted by Gasteiger charge is 2.22. The molecule has 2 rings (SSSR count). The van der Waals surface area contributed by atoms with E-state index in [1.54, 1.807) is 0 Å². The van der Waals surface area contributed by atoms with Gasteiger partial charge in [-0.1, -0.05) is 13.0 Å². The predicted octanol–water partition coefficient (Wildman–Crippen LogP) is 4.93. The second-order valence-corrected chi connectivity index (χ2v) is 7.15. The molecule has 0 saturated carbocycles. The Morgan fingerprint density at radius 3 is 2.10 bits per heavy atom. The summed E-state index contributed by atoms with van der Waals surface area (Å²) in [5.41, 5.74) is 6.83. The van der Waals surface area contributed by atoms with E-state index in [9.17, 15) is 0 Å². The maximum Gasteiger partial charge on any atom is 0.0717 e. The lowest BCUT2D eigenvalue weighted by Crippen LogP contribution is -2.35. The van der Waals surface area contributed by atoms with Crippen LogP contribution in [0.3, 0.4) is 0 Å². The molecule has 1 aromatic rings. The number of halogens is 1. The number of benzene rings is 1. The highest BCUT2D eigenvalue weighted by Crippen LogP contribution is 2.32. The van der Waals surface area contributed by atoms with Crippen molar-refractivity contribution in [1.82, 2.24) is 4.90 Å². The van der Waals surface area contributed by atoms with E-state index in [2.05, 4.69) is 45.6 Å². The van der Waals surface area contributed by atoms with Crippen LogP contribution in [-0.2, 0) is 0 Å². The summed E-state index contributed by atoms with van der Waals surface area (Å²) in [6.45, 7) is 14.6. The summed E-state index contributed by atoms with van der Waals surface area (Å²) in [6, 6.07) is 2.28. The van der Waals surface area contributed by atoms with Crippen molar-refractivity contribution in [1.29, 1.82) is 0 Å². The van der Waals surface area contributed by atoms with Crippen molar-refractivity contribution in [2.24, 2.45) is 5.92 Å². The van der Waals surface area contributed by atoms with Gasteiger partial charge in [-0.15, -0.1) is 11.6 Å². The standard InChI is InChI=1S/C18H28ClN/c1-12-6-8-20(9-7-12)11-17(19)18-15(4)13(2)10-14(3)16(18)5/h10,12,17H,6-9,11H2,1-5H3. The monoisotopic (exact) mass is 293 g/mol. The van der Waals surface area contributed by atoms with Gasteiger partial charge in [-0.05, 0) is 87.4 Å². The molecule has 0 spiro atoms. The number of alkyl halides is 1. The fourth-order valence-electron chi connectivity index (χ4n) is 3.28. The molecule has 2 heteroatoms. The number of piperidine rings is 1. The molecule has 1 unspecified atom stereocenters. The van der Waals surface area contributed by atoms with Crippen molar-refractivity contribution in [3.63, 3.8) is 0 Å². The van der Waals surface area contributed by atoms with Crippen LogP contribution in [0.2, 0.25) is 0 Å².